The van der Waals surface area contributed by atoms with E-state index < -0.39 is 0 Å². The van der Waals surface area contributed by atoms with Crippen LogP contribution in [-0.2, 0) is 0 Å². The summed E-state index contributed by atoms with van der Waals surface area (Å²) in [5, 5.41) is 7.35. The molecule has 10 rings (SSSR count). The Bertz CT molecular complexity index is 2840. The monoisotopic (exact) mass is 643 g/mol. The topological polar surface area (TPSA) is 16.4 Å². The quantitative estimate of drug-likeness (QED) is 0.186. The first-order valence-corrected chi connectivity index (χ1v) is 17.4. The molecule has 0 aliphatic heterocycles. The molecule has 0 bridgehead atoms. The third-order valence-corrected chi connectivity index (χ3v) is 10.8. The number of nitrogens with zero attached hydrogens (tertiary/aromatic N) is 1. The zero-order valence-corrected chi connectivity index (χ0v) is 27.3. The summed E-state index contributed by atoms with van der Waals surface area (Å²) in [6.07, 6.45) is 0. The van der Waals surface area contributed by atoms with Crippen LogP contribution in [0.25, 0.3) is 75.1 Å². The fraction of sp³-hybridized carbons (Fsp3) is 0. The van der Waals surface area contributed by atoms with Crippen LogP contribution in [0, 0.1) is 0 Å². The van der Waals surface area contributed by atoms with E-state index in [0.717, 1.165) is 39.0 Å². The lowest BCUT2D eigenvalue weighted by molar-refractivity contribution is 0.669. The van der Waals surface area contributed by atoms with Crippen molar-refractivity contribution >= 4 is 81.3 Å². The summed E-state index contributed by atoms with van der Waals surface area (Å²) in [7, 11) is 0. The summed E-state index contributed by atoms with van der Waals surface area (Å²) < 4.78 is 8.85. The number of rotatable bonds is 5. The summed E-state index contributed by atoms with van der Waals surface area (Å²) in [6, 6.07) is 63.3. The van der Waals surface area contributed by atoms with Crippen LogP contribution in [0.3, 0.4) is 0 Å². The molecule has 0 fully saturated rings. The molecular weight excluding hydrogens is 615 g/mol. The van der Waals surface area contributed by atoms with Gasteiger partial charge in [-0.15, -0.1) is 11.3 Å². The highest BCUT2D eigenvalue weighted by molar-refractivity contribution is 7.25. The Morgan fingerprint density at radius 1 is 0.388 bits per heavy atom. The lowest BCUT2D eigenvalue weighted by atomic mass is 9.97. The van der Waals surface area contributed by atoms with Crippen LogP contribution in [0.4, 0.5) is 17.1 Å². The van der Waals surface area contributed by atoms with Crippen molar-refractivity contribution < 1.29 is 4.42 Å². The highest BCUT2D eigenvalue weighted by atomic mass is 32.1. The van der Waals surface area contributed by atoms with Gasteiger partial charge in [0.1, 0.15) is 11.2 Å². The molecule has 0 spiro atoms. The number of hydrogen-bond donors (Lipinski definition) is 0. The van der Waals surface area contributed by atoms with Gasteiger partial charge < -0.3 is 9.32 Å². The molecule has 3 heteroatoms. The van der Waals surface area contributed by atoms with E-state index in [9.17, 15) is 0 Å². The molecule has 0 unspecified atom stereocenters. The van der Waals surface area contributed by atoms with Gasteiger partial charge in [-0.1, -0.05) is 121 Å². The number of hydrogen-bond acceptors (Lipinski definition) is 3. The number of thiophene rings is 1. The number of benzene rings is 8. The Kier molecular flexibility index (Phi) is 6.39. The van der Waals surface area contributed by atoms with Crippen LogP contribution in [0.5, 0.6) is 0 Å². The zero-order valence-electron chi connectivity index (χ0n) is 26.5. The van der Waals surface area contributed by atoms with Crippen molar-refractivity contribution in [2.24, 2.45) is 0 Å². The van der Waals surface area contributed by atoms with Gasteiger partial charge in [-0.2, -0.15) is 0 Å². The van der Waals surface area contributed by atoms with Crippen molar-refractivity contribution in [2.75, 3.05) is 4.90 Å². The summed E-state index contributed by atoms with van der Waals surface area (Å²) >= 11 is 1.86. The molecule has 8 aromatic carbocycles. The third-order valence-electron chi connectivity index (χ3n) is 9.68. The van der Waals surface area contributed by atoms with Crippen LogP contribution in [0.1, 0.15) is 0 Å². The summed E-state index contributed by atoms with van der Waals surface area (Å²) in [5.41, 5.74) is 9.88. The normalized spacial score (nSPS) is 11.7. The van der Waals surface area contributed by atoms with Gasteiger partial charge in [-0.3, -0.25) is 0 Å². The van der Waals surface area contributed by atoms with Gasteiger partial charge in [-0.25, -0.2) is 0 Å². The van der Waals surface area contributed by atoms with Crippen molar-refractivity contribution in [3.63, 3.8) is 0 Å². The van der Waals surface area contributed by atoms with Crippen LogP contribution in [0.15, 0.2) is 180 Å². The van der Waals surface area contributed by atoms with E-state index in [1.165, 1.54) is 53.2 Å². The first-order valence-electron chi connectivity index (χ1n) is 16.6. The highest BCUT2D eigenvalue weighted by Crippen LogP contribution is 2.45. The van der Waals surface area contributed by atoms with E-state index in [2.05, 4.69) is 169 Å². The van der Waals surface area contributed by atoms with E-state index in [1.807, 2.05) is 23.5 Å². The molecule has 0 atom stereocenters. The van der Waals surface area contributed by atoms with Gasteiger partial charge in [0.2, 0.25) is 0 Å². The second-order valence-electron chi connectivity index (χ2n) is 12.5. The minimum absolute atomic E-state index is 0.889. The van der Waals surface area contributed by atoms with Crippen molar-refractivity contribution in [2.45, 2.75) is 0 Å². The van der Waals surface area contributed by atoms with Gasteiger partial charge >= 0.3 is 0 Å². The Balaban J connectivity index is 1.16. The summed E-state index contributed by atoms with van der Waals surface area (Å²) in [6.45, 7) is 0. The predicted molar refractivity (Wildman–Crippen MR) is 210 cm³/mol. The second kappa shape index (κ2) is 11.2. The van der Waals surface area contributed by atoms with Gasteiger partial charge in [0, 0.05) is 47.9 Å². The zero-order chi connectivity index (χ0) is 32.3. The predicted octanol–water partition coefficient (Wildman–Crippen LogP) is 13.9. The summed E-state index contributed by atoms with van der Waals surface area (Å²) in [4.78, 5) is 2.39. The number of fused-ring (bicyclic) bond motifs is 7. The average molecular weight is 644 g/mol. The number of furan rings is 1. The van der Waals surface area contributed by atoms with E-state index >= 15 is 0 Å². The average Bonchev–Trinajstić information content (AvgIpc) is 3.73. The van der Waals surface area contributed by atoms with Gasteiger partial charge in [-0.05, 0) is 82.1 Å². The van der Waals surface area contributed by atoms with Crippen molar-refractivity contribution in [1.82, 2.24) is 0 Å². The van der Waals surface area contributed by atoms with Crippen LogP contribution in [0.2, 0.25) is 0 Å². The van der Waals surface area contributed by atoms with Crippen molar-refractivity contribution in [1.29, 1.82) is 0 Å². The van der Waals surface area contributed by atoms with E-state index in [4.69, 9.17) is 4.42 Å². The minimum atomic E-state index is 0.889. The second-order valence-corrected chi connectivity index (χ2v) is 13.6. The molecule has 0 N–H and O–H groups in total. The fourth-order valence-electron chi connectivity index (χ4n) is 7.35. The maximum atomic E-state index is 6.24. The van der Waals surface area contributed by atoms with Gasteiger partial charge in [0.25, 0.3) is 0 Å². The number of para-hydroxylation sites is 2. The first-order chi connectivity index (χ1) is 24.3. The molecule has 49 heavy (non-hydrogen) atoms. The molecule has 0 aliphatic rings. The molecule has 0 saturated carbocycles. The molecule has 10 aromatic rings. The van der Waals surface area contributed by atoms with E-state index in [0.29, 0.717) is 0 Å². The van der Waals surface area contributed by atoms with Crippen molar-refractivity contribution in [3.8, 4) is 22.3 Å². The Hall–Kier alpha value is -6.16. The SMILES string of the molecule is c1ccc(N(c2ccc(-c3cccc4ccccc34)cc2)c2ccc3oc4ccccc4c3c2)c(-c2ccc3c(c2)sc2ccccc23)c1. The maximum Gasteiger partial charge on any atom is 0.135 e. The molecule has 2 heterocycles. The standard InChI is InChI=1S/C46H29NOS/c1-2-12-35-30(10-1)11-9-16-36(35)31-20-23-33(24-21-31)47(34-25-27-44-41(29-34)38-14-4-7-18-43(38)48-44)42-17-6-3-13-37(42)32-22-26-40-39-15-5-8-19-45(39)49-46(40)28-32/h1-29H. The van der Waals surface area contributed by atoms with Crippen LogP contribution in [-0.4, -0.2) is 0 Å². The molecule has 0 saturated heterocycles. The molecule has 0 amide bonds. The Morgan fingerprint density at radius 2 is 1.04 bits per heavy atom. The van der Waals surface area contributed by atoms with Gasteiger partial charge in [0.05, 0.1) is 5.69 Å². The van der Waals surface area contributed by atoms with Crippen molar-refractivity contribution in [3.05, 3.63) is 176 Å². The molecule has 230 valence electrons. The molecule has 2 nitrogen and oxygen atoms in total. The fourth-order valence-corrected chi connectivity index (χ4v) is 8.50. The molecule has 0 aliphatic carbocycles. The van der Waals surface area contributed by atoms with E-state index in [-0.39, 0.29) is 0 Å². The van der Waals surface area contributed by atoms with Gasteiger partial charge in [0.15, 0.2) is 0 Å². The van der Waals surface area contributed by atoms with Crippen LogP contribution >= 0.6 is 11.3 Å². The lowest BCUT2D eigenvalue weighted by Crippen LogP contribution is -2.11. The largest absolute Gasteiger partial charge is 0.456 e. The molecular formula is C46H29NOS. The maximum absolute atomic E-state index is 6.24. The number of anilines is 3. The first kappa shape index (κ1) is 27.9. The summed E-state index contributed by atoms with van der Waals surface area (Å²) in [5.74, 6) is 0. The highest BCUT2D eigenvalue weighted by Gasteiger charge is 2.20. The lowest BCUT2D eigenvalue weighted by Gasteiger charge is -2.28. The minimum Gasteiger partial charge on any atom is -0.456 e. The van der Waals surface area contributed by atoms with E-state index in [1.54, 1.807) is 0 Å². The Labute approximate surface area is 287 Å². The smallest absolute Gasteiger partial charge is 0.135 e. The van der Waals surface area contributed by atoms with Crippen LogP contribution < -0.4 is 4.90 Å². The Morgan fingerprint density at radius 3 is 1.96 bits per heavy atom. The molecule has 2 aromatic heterocycles. The third kappa shape index (κ3) is 4.62. The molecule has 0 radical (unpaired) electrons.